The number of allylic oxidation sites excluding steroid dienone is 1. The number of rotatable bonds is 3. The Kier molecular flexibility index (Phi) is 3.38. The van der Waals surface area contributed by atoms with Gasteiger partial charge in [0.25, 0.3) is 0 Å². The van der Waals surface area contributed by atoms with Crippen molar-refractivity contribution < 1.29 is 4.74 Å². The van der Waals surface area contributed by atoms with Gasteiger partial charge in [-0.1, -0.05) is 40.2 Å². The molecule has 2 rings (SSSR count). The van der Waals surface area contributed by atoms with E-state index in [4.69, 9.17) is 4.74 Å². The Bertz CT molecular complexity index is 316. The lowest BCUT2D eigenvalue weighted by Crippen LogP contribution is -2.05. The SMILES string of the molecule is Brc1ccc(COC2C=CCC2)cc1. The zero-order chi connectivity index (χ0) is 9.80. The molecule has 0 spiro atoms. The molecule has 1 aliphatic rings. The van der Waals surface area contributed by atoms with Crippen molar-refractivity contribution in [2.24, 2.45) is 0 Å². The van der Waals surface area contributed by atoms with Gasteiger partial charge in [-0.25, -0.2) is 0 Å². The molecular formula is C12H13BrO. The Labute approximate surface area is 92.9 Å². The average molecular weight is 253 g/mol. The fourth-order valence-corrected chi connectivity index (χ4v) is 1.79. The zero-order valence-corrected chi connectivity index (χ0v) is 9.53. The molecule has 1 unspecified atom stereocenters. The second-order valence-electron chi connectivity index (χ2n) is 3.48. The summed E-state index contributed by atoms with van der Waals surface area (Å²) in [4.78, 5) is 0. The minimum atomic E-state index is 0.332. The summed E-state index contributed by atoms with van der Waals surface area (Å²) >= 11 is 3.41. The third-order valence-corrected chi connectivity index (χ3v) is 2.87. The van der Waals surface area contributed by atoms with Crippen molar-refractivity contribution in [2.45, 2.75) is 25.6 Å². The topological polar surface area (TPSA) is 9.23 Å². The van der Waals surface area contributed by atoms with Gasteiger partial charge in [0.05, 0.1) is 12.7 Å². The van der Waals surface area contributed by atoms with Crippen molar-refractivity contribution in [3.8, 4) is 0 Å². The van der Waals surface area contributed by atoms with E-state index in [2.05, 4.69) is 40.2 Å². The van der Waals surface area contributed by atoms with Crippen LogP contribution in [0.5, 0.6) is 0 Å². The average Bonchev–Trinajstić information content (AvgIpc) is 2.70. The minimum absolute atomic E-state index is 0.332. The highest BCUT2D eigenvalue weighted by Gasteiger charge is 2.08. The fourth-order valence-electron chi connectivity index (χ4n) is 1.53. The molecule has 0 heterocycles. The van der Waals surface area contributed by atoms with E-state index >= 15 is 0 Å². The highest BCUT2D eigenvalue weighted by atomic mass is 79.9. The molecule has 1 nitrogen and oxygen atoms in total. The Hall–Kier alpha value is -0.600. The first-order chi connectivity index (χ1) is 6.84. The summed E-state index contributed by atoms with van der Waals surface area (Å²) in [5.41, 5.74) is 1.23. The third kappa shape index (κ3) is 2.69. The number of ether oxygens (including phenoxy) is 1. The summed E-state index contributed by atoms with van der Waals surface area (Å²) in [6.07, 6.45) is 6.96. The van der Waals surface area contributed by atoms with Gasteiger partial charge in [0, 0.05) is 4.47 Å². The molecule has 0 N–H and O–H groups in total. The molecule has 0 radical (unpaired) electrons. The van der Waals surface area contributed by atoms with Gasteiger partial charge >= 0.3 is 0 Å². The van der Waals surface area contributed by atoms with Crippen LogP contribution < -0.4 is 0 Å². The minimum Gasteiger partial charge on any atom is -0.369 e. The quantitative estimate of drug-likeness (QED) is 0.746. The van der Waals surface area contributed by atoms with E-state index < -0.39 is 0 Å². The van der Waals surface area contributed by atoms with E-state index in [1.54, 1.807) is 0 Å². The molecule has 1 aromatic carbocycles. The molecule has 0 amide bonds. The van der Waals surface area contributed by atoms with Gasteiger partial charge in [-0.15, -0.1) is 0 Å². The van der Waals surface area contributed by atoms with Crippen LogP contribution in [0.2, 0.25) is 0 Å². The Morgan fingerprint density at radius 3 is 2.71 bits per heavy atom. The standard InChI is InChI=1S/C12H13BrO/c13-11-7-5-10(6-8-11)9-14-12-3-1-2-4-12/h1,3,5-8,12H,2,4,9H2. The Morgan fingerprint density at radius 1 is 1.29 bits per heavy atom. The van der Waals surface area contributed by atoms with Crippen molar-refractivity contribution >= 4 is 15.9 Å². The van der Waals surface area contributed by atoms with Crippen molar-refractivity contribution in [3.63, 3.8) is 0 Å². The lowest BCUT2D eigenvalue weighted by Gasteiger charge is -2.09. The molecule has 0 aliphatic heterocycles. The first kappa shape index (κ1) is 9.94. The molecule has 0 bridgehead atoms. The largest absolute Gasteiger partial charge is 0.369 e. The second kappa shape index (κ2) is 4.76. The van der Waals surface area contributed by atoms with Crippen molar-refractivity contribution in [2.75, 3.05) is 0 Å². The molecule has 0 aromatic heterocycles. The van der Waals surface area contributed by atoms with Gasteiger partial charge in [-0.05, 0) is 30.5 Å². The van der Waals surface area contributed by atoms with E-state index in [0.717, 1.165) is 17.3 Å². The molecule has 1 aliphatic carbocycles. The highest BCUT2D eigenvalue weighted by molar-refractivity contribution is 9.10. The van der Waals surface area contributed by atoms with Gasteiger partial charge < -0.3 is 4.74 Å². The first-order valence-electron chi connectivity index (χ1n) is 4.87. The second-order valence-corrected chi connectivity index (χ2v) is 4.40. The summed E-state index contributed by atoms with van der Waals surface area (Å²) in [5, 5.41) is 0. The monoisotopic (exact) mass is 252 g/mol. The Morgan fingerprint density at radius 2 is 2.07 bits per heavy atom. The van der Waals surface area contributed by atoms with Crippen LogP contribution in [0.1, 0.15) is 18.4 Å². The number of benzene rings is 1. The highest BCUT2D eigenvalue weighted by Crippen LogP contribution is 2.16. The summed E-state index contributed by atoms with van der Waals surface area (Å²) in [6, 6.07) is 8.26. The molecule has 14 heavy (non-hydrogen) atoms. The summed E-state index contributed by atoms with van der Waals surface area (Å²) in [7, 11) is 0. The predicted octanol–water partition coefficient (Wildman–Crippen LogP) is 3.68. The maximum Gasteiger partial charge on any atom is 0.0763 e. The first-order valence-corrected chi connectivity index (χ1v) is 5.66. The van der Waals surface area contributed by atoms with Gasteiger partial charge in [-0.3, -0.25) is 0 Å². The fraction of sp³-hybridized carbons (Fsp3) is 0.333. The Balaban J connectivity index is 1.85. The number of hydrogen-bond acceptors (Lipinski definition) is 1. The molecule has 1 atom stereocenters. The van der Waals surface area contributed by atoms with Crippen LogP contribution in [0, 0.1) is 0 Å². The van der Waals surface area contributed by atoms with E-state index in [1.807, 2.05) is 12.1 Å². The summed E-state index contributed by atoms with van der Waals surface area (Å²) in [5.74, 6) is 0. The smallest absolute Gasteiger partial charge is 0.0763 e. The molecule has 2 heteroatoms. The summed E-state index contributed by atoms with van der Waals surface area (Å²) in [6.45, 7) is 0.711. The van der Waals surface area contributed by atoms with Gasteiger partial charge in [0.1, 0.15) is 0 Å². The molecule has 1 aromatic rings. The van der Waals surface area contributed by atoms with Gasteiger partial charge in [0.15, 0.2) is 0 Å². The van der Waals surface area contributed by atoms with Crippen molar-refractivity contribution in [3.05, 3.63) is 46.5 Å². The van der Waals surface area contributed by atoms with Crippen LogP contribution in [0.15, 0.2) is 40.9 Å². The zero-order valence-electron chi connectivity index (χ0n) is 7.95. The van der Waals surface area contributed by atoms with Crippen LogP contribution in [0.3, 0.4) is 0 Å². The number of hydrogen-bond donors (Lipinski definition) is 0. The number of halogens is 1. The van der Waals surface area contributed by atoms with Gasteiger partial charge in [0.2, 0.25) is 0 Å². The predicted molar refractivity (Wildman–Crippen MR) is 61.1 cm³/mol. The maximum atomic E-state index is 5.73. The van der Waals surface area contributed by atoms with Crippen LogP contribution in [-0.2, 0) is 11.3 Å². The van der Waals surface area contributed by atoms with E-state index in [-0.39, 0.29) is 0 Å². The lowest BCUT2D eigenvalue weighted by atomic mass is 10.2. The van der Waals surface area contributed by atoms with E-state index in [0.29, 0.717) is 12.7 Å². The van der Waals surface area contributed by atoms with Gasteiger partial charge in [-0.2, -0.15) is 0 Å². The normalized spacial score (nSPS) is 20.2. The van der Waals surface area contributed by atoms with Crippen molar-refractivity contribution in [1.82, 2.24) is 0 Å². The van der Waals surface area contributed by atoms with Crippen LogP contribution >= 0.6 is 15.9 Å². The van der Waals surface area contributed by atoms with E-state index in [9.17, 15) is 0 Å². The van der Waals surface area contributed by atoms with Crippen molar-refractivity contribution in [1.29, 1.82) is 0 Å². The lowest BCUT2D eigenvalue weighted by molar-refractivity contribution is 0.0721. The van der Waals surface area contributed by atoms with Crippen LogP contribution in [0.25, 0.3) is 0 Å². The molecule has 0 saturated heterocycles. The molecule has 74 valence electrons. The third-order valence-electron chi connectivity index (χ3n) is 2.35. The molecule has 0 fully saturated rings. The molecular weight excluding hydrogens is 240 g/mol. The van der Waals surface area contributed by atoms with E-state index in [1.165, 1.54) is 5.56 Å². The summed E-state index contributed by atoms with van der Waals surface area (Å²) < 4.78 is 6.84. The van der Waals surface area contributed by atoms with Crippen LogP contribution in [-0.4, -0.2) is 6.10 Å². The van der Waals surface area contributed by atoms with Crippen LogP contribution in [0.4, 0.5) is 0 Å². The molecule has 0 saturated carbocycles. The maximum absolute atomic E-state index is 5.73.